The summed E-state index contributed by atoms with van der Waals surface area (Å²) >= 11 is 0. The van der Waals surface area contributed by atoms with Crippen LogP contribution in [0.2, 0.25) is 0 Å². The van der Waals surface area contributed by atoms with Crippen LogP contribution in [0.5, 0.6) is 0 Å². The molecule has 33 heavy (non-hydrogen) atoms. The number of carbonyl (C=O) groups excluding carboxylic acids is 3. The second-order valence-electron chi connectivity index (χ2n) is 7.99. The van der Waals surface area contributed by atoms with E-state index < -0.39 is 17.7 Å². The highest BCUT2D eigenvalue weighted by atomic mass is 16.2. The maximum atomic E-state index is 13.1. The third kappa shape index (κ3) is 5.20. The van der Waals surface area contributed by atoms with Crippen molar-refractivity contribution in [3.05, 3.63) is 76.2 Å². The molecule has 9 nitrogen and oxygen atoms in total. The van der Waals surface area contributed by atoms with Crippen molar-refractivity contribution >= 4 is 29.1 Å². The van der Waals surface area contributed by atoms with E-state index in [0.717, 1.165) is 0 Å². The number of rotatable bonds is 6. The van der Waals surface area contributed by atoms with Gasteiger partial charge in [-0.2, -0.15) is 0 Å². The highest BCUT2D eigenvalue weighted by Gasteiger charge is 2.22. The molecule has 2 aromatic carbocycles. The van der Waals surface area contributed by atoms with E-state index in [1.807, 2.05) is 32.0 Å². The molecule has 3 rings (SSSR count). The third-order valence-corrected chi connectivity index (χ3v) is 5.09. The second-order valence-corrected chi connectivity index (χ2v) is 7.99. The van der Waals surface area contributed by atoms with E-state index in [2.05, 4.69) is 16.0 Å². The molecular formula is C24H27N5O4. The van der Waals surface area contributed by atoms with Crippen LogP contribution in [0.1, 0.15) is 29.9 Å². The molecule has 0 fully saturated rings. The lowest BCUT2D eigenvalue weighted by Gasteiger charge is -2.12. The number of benzene rings is 2. The molecular weight excluding hydrogens is 422 g/mol. The maximum absolute atomic E-state index is 13.1. The van der Waals surface area contributed by atoms with Gasteiger partial charge >= 0.3 is 11.8 Å². The molecule has 3 N–H and O–H groups in total. The molecule has 1 heterocycles. The van der Waals surface area contributed by atoms with E-state index in [1.165, 1.54) is 16.8 Å². The summed E-state index contributed by atoms with van der Waals surface area (Å²) in [7, 11) is 1.73. The summed E-state index contributed by atoms with van der Waals surface area (Å²) in [6, 6.07) is 15.4. The number of para-hydroxylation sites is 2. The predicted molar refractivity (Wildman–Crippen MR) is 127 cm³/mol. The Balaban J connectivity index is 1.85. The van der Waals surface area contributed by atoms with Crippen LogP contribution >= 0.6 is 0 Å². The fourth-order valence-electron chi connectivity index (χ4n) is 3.24. The Morgan fingerprint density at radius 3 is 2.21 bits per heavy atom. The van der Waals surface area contributed by atoms with Crippen LogP contribution in [-0.2, 0) is 16.6 Å². The number of amides is 3. The molecule has 3 amide bonds. The topological polar surface area (TPSA) is 114 Å². The first-order valence-electron chi connectivity index (χ1n) is 10.5. The average Bonchev–Trinajstić information content (AvgIpc) is 3.01. The molecule has 9 heteroatoms. The van der Waals surface area contributed by atoms with Gasteiger partial charge in [0.1, 0.15) is 5.69 Å². The highest BCUT2D eigenvalue weighted by molar-refractivity contribution is 6.40. The van der Waals surface area contributed by atoms with Crippen molar-refractivity contribution in [3.63, 3.8) is 0 Å². The molecule has 0 aliphatic rings. The average molecular weight is 450 g/mol. The molecule has 172 valence electrons. The number of aromatic nitrogens is 2. The van der Waals surface area contributed by atoms with Crippen LogP contribution in [-0.4, -0.2) is 33.6 Å². The Morgan fingerprint density at radius 1 is 0.909 bits per heavy atom. The minimum absolute atomic E-state index is 0.122. The number of anilines is 2. The Morgan fingerprint density at radius 2 is 1.55 bits per heavy atom. The molecule has 0 radical (unpaired) electrons. The normalized spacial score (nSPS) is 10.7. The standard InChI is InChI=1S/C24H27N5O4/c1-15(2)14-25-22(31)23(32)26-19-13-9-8-12-18(19)21(30)27-20-16(3)28(4)29(24(20)33)17-10-6-5-7-11-17/h5-13,15H,14H2,1-4H3,(H,25,31)(H,26,32)(H,27,30). The zero-order valence-electron chi connectivity index (χ0n) is 19.0. The molecule has 0 bridgehead atoms. The summed E-state index contributed by atoms with van der Waals surface area (Å²) in [6.07, 6.45) is 0. The summed E-state index contributed by atoms with van der Waals surface area (Å²) in [5.41, 5.74) is 1.25. The van der Waals surface area contributed by atoms with Crippen LogP contribution in [0.4, 0.5) is 11.4 Å². The highest BCUT2D eigenvalue weighted by Crippen LogP contribution is 2.19. The van der Waals surface area contributed by atoms with Gasteiger partial charge in [0.2, 0.25) is 0 Å². The molecule has 3 aromatic rings. The van der Waals surface area contributed by atoms with E-state index >= 15 is 0 Å². The monoisotopic (exact) mass is 449 g/mol. The van der Waals surface area contributed by atoms with Crippen LogP contribution < -0.4 is 21.5 Å². The molecule has 0 saturated carbocycles. The van der Waals surface area contributed by atoms with Gasteiger partial charge in [-0.05, 0) is 37.1 Å². The summed E-state index contributed by atoms with van der Waals surface area (Å²) < 4.78 is 3.11. The van der Waals surface area contributed by atoms with Gasteiger partial charge in [0.25, 0.3) is 11.5 Å². The van der Waals surface area contributed by atoms with Crippen molar-refractivity contribution in [2.24, 2.45) is 13.0 Å². The van der Waals surface area contributed by atoms with Gasteiger partial charge in [-0.25, -0.2) is 4.68 Å². The predicted octanol–water partition coefficient (Wildman–Crippen LogP) is 2.45. The number of carbonyl (C=O) groups is 3. The first-order chi connectivity index (χ1) is 15.7. The van der Waals surface area contributed by atoms with Crippen molar-refractivity contribution in [3.8, 4) is 5.69 Å². The molecule has 0 saturated heterocycles. The van der Waals surface area contributed by atoms with Crippen molar-refractivity contribution < 1.29 is 14.4 Å². The lowest BCUT2D eigenvalue weighted by molar-refractivity contribution is -0.136. The summed E-state index contributed by atoms with van der Waals surface area (Å²) in [5.74, 6) is -2.06. The molecule has 0 aliphatic heterocycles. The molecule has 0 aliphatic carbocycles. The quantitative estimate of drug-likeness (QED) is 0.502. The maximum Gasteiger partial charge on any atom is 0.313 e. The molecule has 0 atom stereocenters. The fraction of sp³-hybridized carbons (Fsp3) is 0.250. The zero-order chi connectivity index (χ0) is 24.1. The van der Waals surface area contributed by atoms with Crippen molar-refractivity contribution in [1.82, 2.24) is 14.7 Å². The van der Waals surface area contributed by atoms with E-state index in [1.54, 1.807) is 42.9 Å². The molecule has 0 spiro atoms. The number of nitrogens with one attached hydrogen (secondary N) is 3. The van der Waals surface area contributed by atoms with Crippen LogP contribution in [0, 0.1) is 12.8 Å². The minimum atomic E-state index is -0.877. The molecule has 1 aromatic heterocycles. The van der Waals surface area contributed by atoms with Crippen molar-refractivity contribution in [2.45, 2.75) is 20.8 Å². The Kier molecular flexibility index (Phi) is 7.12. The second kappa shape index (κ2) is 9.99. The van der Waals surface area contributed by atoms with Gasteiger partial charge in [0, 0.05) is 13.6 Å². The van der Waals surface area contributed by atoms with Crippen LogP contribution in [0.3, 0.4) is 0 Å². The summed E-state index contributed by atoms with van der Waals surface area (Å²) in [6.45, 7) is 5.91. The summed E-state index contributed by atoms with van der Waals surface area (Å²) in [4.78, 5) is 50.4. The third-order valence-electron chi connectivity index (χ3n) is 5.09. The van der Waals surface area contributed by atoms with E-state index in [9.17, 15) is 19.2 Å². The van der Waals surface area contributed by atoms with Crippen molar-refractivity contribution in [1.29, 1.82) is 0 Å². The number of nitrogens with zero attached hydrogens (tertiary/aromatic N) is 2. The first kappa shape index (κ1) is 23.5. The number of hydrogen-bond acceptors (Lipinski definition) is 4. The molecule has 0 unspecified atom stereocenters. The smallest absolute Gasteiger partial charge is 0.313 e. The van der Waals surface area contributed by atoms with Crippen LogP contribution in [0.25, 0.3) is 5.69 Å². The Bertz CT molecular complexity index is 1240. The van der Waals surface area contributed by atoms with E-state index in [4.69, 9.17) is 0 Å². The van der Waals surface area contributed by atoms with Gasteiger partial charge in [-0.1, -0.05) is 44.2 Å². The van der Waals surface area contributed by atoms with Gasteiger partial charge in [0.15, 0.2) is 0 Å². The number of hydrogen-bond donors (Lipinski definition) is 3. The lowest BCUT2D eigenvalue weighted by Crippen LogP contribution is -2.37. The minimum Gasteiger partial charge on any atom is -0.348 e. The first-order valence-corrected chi connectivity index (χ1v) is 10.5. The van der Waals surface area contributed by atoms with Gasteiger partial charge < -0.3 is 16.0 Å². The van der Waals surface area contributed by atoms with E-state index in [-0.39, 0.29) is 28.4 Å². The lowest BCUT2D eigenvalue weighted by atomic mass is 10.1. The van der Waals surface area contributed by atoms with Gasteiger partial charge in [-0.15, -0.1) is 0 Å². The van der Waals surface area contributed by atoms with E-state index in [0.29, 0.717) is 17.9 Å². The van der Waals surface area contributed by atoms with Gasteiger partial charge in [0.05, 0.1) is 22.6 Å². The largest absolute Gasteiger partial charge is 0.348 e. The van der Waals surface area contributed by atoms with Crippen LogP contribution in [0.15, 0.2) is 59.4 Å². The Labute approximate surface area is 191 Å². The fourth-order valence-corrected chi connectivity index (χ4v) is 3.24. The van der Waals surface area contributed by atoms with Crippen molar-refractivity contribution in [2.75, 3.05) is 17.2 Å². The van der Waals surface area contributed by atoms with Gasteiger partial charge in [-0.3, -0.25) is 23.9 Å². The Hall–Kier alpha value is -4.14. The zero-order valence-corrected chi connectivity index (χ0v) is 19.0. The summed E-state index contributed by atoms with van der Waals surface area (Å²) in [5, 5.41) is 7.67. The SMILES string of the molecule is Cc1c(NC(=O)c2ccccc2NC(=O)C(=O)NCC(C)C)c(=O)n(-c2ccccc2)n1C.